The lowest BCUT2D eigenvalue weighted by Crippen LogP contribution is -2.30. The van der Waals surface area contributed by atoms with Gasteiger partial charge >= 0.3 is 0 Å². The van der Waals surface area contributed by atoms with E-state index in [1.54, 1.807) is 28.9 Å². The number of benzene rings is 2. The molecule has 0 unspecified atom stereocenters. The monoisotopic (exact) mass is 570 g/mol. The predicted octanol–water partition coefficient (Wildman–Crippen LogP) is 5.42. The molecular formula is C29H36Cl2N6O2. The summed E-state index contributed by atoms with van der Waals surface area (Å²) in [7, 11) is 0. The number of rotatable bonds is 7. The van der Waals surface area contributed by atoms with Gasteiger partial charge in [0.2, 0.25) is 0 Å². The molecule has 1 heterocycles. The van der Waals surface area contributed by atoms with Crippen LogP contribution in [0.25, 0.3) is 5.69 Å². The van der Waals surface area contributed by atoms with Gasteiger partial charge in [0.05, 0.1) is 11.9 Å². The lowest BCUT2D eigenvalue weighted by atomic mass is 9.89. The van der Waals surface area contributed by atoms with Gasteiger partial charge in [0.1, 0.15) is 11.4 Å². The van der Waals surface area contributed by atoms with Gasteiger partial charge in [0.25, 0.3) is 11.8 Å². The molecule has 3 aromatic rings. The number of amides is 2. The number of halogens is 2. The molecule has 6 N–H and O–H groups in total. The van der Waals surface area contributed by atoms with Gasteiger partial charge in [0.15, 0.2) is 0 Å². The third-order valence-corrected chi connectivity index (χ3v) is 7.76. The fourth-order valence-corrected chi connectivity index (χ4v) is 5.10. The van der Waals surface area contributed by atoms with Crippen molar-refractivity contribution >= 4 is 40.8 Å². The summed E-state index contributed by atoms with van der Waals surface area (Å²) >= 11 is 11.4. The second-order valence-electron chi connectivity index (χ2n) is 10.3. The van der Waals surface area contributed by atoms with E-state index in [1.165, 1.54) is 38.3 Å². The van der Waals surface area contributed by atoms with Crippen LogP contribution in [0.5, 0.6) is 0 Å². The molecule has 0 radical (unpaired) electrons. The Labute approximate surface area is 239 Å². The van der Waals surface area contributed by atoms with Crippen molar-refractivity contribution in [2.24, 2.45) is 11.7 Å². The number of nitrogen functional groups attached to an aromatic ring is 1. The van der Waals surface area contributed by atoms with Crippen LogP contribution in [-0.2, 0) is 6.54 Å². The molecule has 39 heavy (non-hydrogen) atoms. The summed E-state index contributed by atoms with van der Waals surface area (Å²) in [5.74, 6) is 0.548. The van der Waals surface area contributed by atoms with Gasteiger partial charge < -0.3 is 22.1 Å². The van der Waals surface area contributed by atoms with Crippen LogP contribution in [0.3, 0.4) is 0 Å². The number of carbonyl (C=O) groups is 2. The van der Waals surface area contributed by atoms with Gasteiger partial charge in [-0.05, 0) is 73.9 Å². The summed E-state index contributed by atoms with van der Waals surface area (Å²) in [6, 6.07) is 11.0. The topological polar surface area (TPSA) is 128 Å². The molecule has 0 atom stereocenters. The van der Waals surface area contributed by atoms with Gasteiger partial charge in [-0.3, -0.25) is 9.59 Å². The molecule has 2 amide bonds. The minimum Gasteiger partial charge on any atom is -0.383 e. The van der Waals surface area contributed by atoms with E-state index in [0.29, 0.717) is 51.9 Å². The Morgan fingerprint density at radius 2 is 1.77 bits per heavy atom. The molecule has 0 aliphatic heterocycles. The minimum absolute atomic E-state index is 0.0927. The third-order valence-electron chi connectivity index (χ3n) is 7.17. The molecule has 0 saturated heterocycles. The Balaban J connectivity index is 0.000000298. The summed E-state index contributed by atoms with van der Waals surface area (Å²) in [6.45, 7) is 3.07. The van der Waals surface area contributed by atoms with E-state index >= 15 is 0 Å². The fourth-order valence-electron chi connectivity index (χ4n) is 4.61. The highest BCUT2D eigenvalue weighted by atomic mass is 35.5. The first kappa shape index (κ1) is 28.9. The molecular weight excluding hydrogens is 535 g/mol. The molecule has 208 valence electrons. The van der Waals surface area contributed by atoms with Crippen LogP contribution in [0.15, 0.2) is 42.6 Å². The zero-order valence-electron chi connectivity index (χ0n) is 22.2. The van der Waals surface area contributed by atoms with Gasteiger partial charge in [-0.15, -0.1) is 0 Å². The van der Waals surface area contributed by atoms with Crippen molar-refractivity contribution in [3.8, 4) is 5.69 Å². The van der Waals surface area contributed by atoms with Crippen LogP contribution >= 0.6 is 23.2 Å². The zero-order chi connectivity index (χ0) is 27.9. The Morgan fingerprint density at radius 1 is 1.03 bits per heavy atom. The molecule has 2 aromatic carbocycles. The van der Waals surface area contributed by atoms with E-state index < -0.39 is 0 Å². The summed E-state index contributed by atoms with van der Waals surface area (Å²) < 4.78 is 1.54. The van der Waals surface area contributed by atoms with E-state index in [4.69, 9.17) is 34.7 Å². The number of hydrogen-bond donors (Lipinski definition) is 4. The number of aromatic nitrogens is 2. The van der Waals surface area contributed by atoms with Crippen molar-refractivity contribution in [2.75, 3.05) is 12.3 Å². The lowest BCUT2D eigenvalue weighted by molar-refractivity contribution is 0.0938. The average Bonchev–Trinajstić information content (AvgIpc) is 3.67. The first-order chi connectivity index (χ1) is 18.8. The first-order valence-corrected chi connectivity index (χ1v) is 14.2. The quantitative estimate of drug-likeness (QED) is 0.301. The highest BCUT2D eigenvalue weighted by molar-refractivity contribution is 6.35. The van der Waals surface area contributed by atoms with E-state index in [-0.39, 0.29) is 17.6 Å². The summed E-state index contributed by atoms with van der Waals surface area (Å²) in [5, 5.41) is 11.6. The second kappa shape index (κ2) is 13.3. The van der Waals surface area contributed by atoms with Crippen LogP contribution in [0.1, 0.15) is 76.8 Å². The van der Waals surface area contributed by atoms with Crippen LogP contribution < -0.4 is 22.1 Å². The van der Waals surface area contributed by atoms with Gasteiger partial charge in [-0.25, -0.2) is 4.68 Å². The second-order valence-corrected chi connectivity index (χ2v) is 11.1. The molecule has 0 spiro atoms. The van der Waals surface area contributed by atoms with E-state index in [9.17, 15) is 9.59 Å². The minimum atomic E-state index is -0.195. The largest absolute Gasteiger partial charge is 0.383 e. The van der Waals surface area contributed by atoms with Gasteiger partial charge in [-0.1, -0.05) is 54.6 Å². The maximum atomic E-state index is 12.6. The van der Waals surface area contributed by atoms with Crippen LogP contribution in [0.4, 0.5) is 5.82 Å². The zero-order valence-corrected chi connectivity index (χ0v) is 23.7. The normalized spacial score (nSPS) is 15.3. The van der Waals surface area contributed by atoms with Crippen molar-refractivity contribution in [3.63, 3.8) is 0 Å². The van der Waals surface area contributed by atoms with Crippen molar-refractivity contribution in [2.45, 2.75) is 64.5 Å². The number of nitrogens with one attached hydrogen (secondary N) is 2. The molecule has 1 aromatic heterocycles. The lowest BCUT2D eigenvalue weighted by Gasteiger charge is -2.21. The predicted molar refractivity (Wildman–Crippen MR) is 156 cm³/mol. The van der Waals surface area contributed by atoms with E-state index in [1.807, 2.05) is 19.1 Å². The Morgan fingerprint density at radius 3 is 2.44 bits per heavy atom. The Bertz CT molecular complexity index is 1320. The number of carbonyl (C=O) groups excluding carboxylic acids is 2. The van der Waals surface area contributed by atoms with E-state index in [0.717, 1.165) is 24.0 Å². The summed E-state index contributed by atoms with van der Waals surface area (Å²) in [4.78, 5) is 25.0. The van der Waals surface area contributed by atoms with Crippen LogP contribution in [-0.4, -0.2) is 34.2 Å². The SMILES string of the molecule is Cc1ccc(C(=O)NC2CC2)cc1-n1ncc(C(=O)NCC2CCCCC2)c1N.NCc1ccc(Cl)cc1Cl. The number of hydrogen-bond acceptors (Lipinski definition) is 5. The molecule has 8 nitrogen and oxygen atoms in total. The third kappa shape index (κ3) is 7.75. The number of aryl methyl sites for hydroxylation is 1. The molecule has 2 aliphatic rings. The maximum absolute atomic E-state index is 12.6. The molecule has 5 rings (SSSR count). The van der Waals surface area contributed by atoms with Crippen molar-refractivity contribution in [3.05, 3.63) is 74.9 Å². The van der Waals surface area contributed by atoms with Crippen molar-refractivity contribution in [1.82, 2.24) is 20.4 Å². The molecule has 2 fully saturated rings. The highest BCUT2D eigenvalue weighted by Crippen LogP contribution is 2.25. The molecule has 2 saturated carbocycles. The average molecular weight is 572 g/mol. The van der Waals surface area contributed by atoms with Crippen LogP contribution in [0, 0.1) is 12.8 Å². The van der Waals surface area contributed by atoms with Crippen LogP contribution in [0.2, 0.25) is 10.0 Å². The smallest absolute Gasteiger partial charge is 0.256 e. The maximum Gasteiger partial charge on any atom is 0.256 e. The number of nitrogens with two attached hydrogens (primary N) is 2. The fraction of sp³-hybridized carbons (Fsp3) is 0.414. The first-order valence-electron chi connectivity index (χ1n) is 13.4. The van der Waals surface area contributed by atoms with Crippen molar-refractivity contribution in [1.29, 1.82) is 0 Å². The van der Waals surface area contributed by atoms with E-state index in [2.05, 4.69) is 15.7 Å². The number of anilines is 1. The summed E-state index contributed by atoms with van der Waals surface area (Å²) in [6.07, 6.45) is 9.69. The van der Waals surface area contributed by atoms with Crippen molar-refractivity contribution < 1.29 is 9.59 Å². The molecule has 0 bridgehead atoms. The van der Waals surface area contributed by atoms with Gasteiger partial charge in [-0.2, -0.15) is 5.10 Å². The summed E-state index contributed by atoms with van der Waals surface area (Å²) in [5.41, 5.74) is 15.1. The standard InChI is InChI=1S/C22H29N5O2.C7H7Cl2N/c1-14-7-8-16(21(28)26-17-9-10-17)11-19(14)27-20(23)18(13-25-27)22(29)24-12-15-5-3-2-4-6-15;8-6-2-1-5(4-10)7(9)3-6/h7-8,11,13,15,17H,2-6,9-10,12,23H2,1H3,(H,24,29)(H,26,28);1-3H,4,10H2. The molecule has 10 heteroatoms. The molecule has 2 aliphatic carbocycles. The van der Waals surface area contributed by atoms with Gasteiger partial charge in [0, 0.05) is 34.7 Å². The Kier molecular flexibility index (Phi) is 9.88. The number of nitrogens with zero attached hydrogens (tertiary/aromatic N) is 2. The Hall–Kier alpha value is -3.07. The highest BCUT2D eigenvalue weighted by Gasteiger charge is 2.25.